The Balaban J connectivity index is 2.08. The van der Waals surface area contributed by atoms with Gasteiger partial charge in [-0.15, -0.1) is 0 Å². The second-order valence-corrected chi connectivity index (χ2v) is 3.96. The third-order valence-corrected chi connectivity index (χ3v) is 2.40. The first kappa shape index (κ1) is 13.0. The highest BCUT2D eigenvalue weighted by atomic mass is 16.3. The van der Waals surface area contributed by atoms with E-state index in [1.54, 1.807) is 0 Å². The van der Waals surface area contributed by atoms with E-state index in [0.717, 1.165) is 12.2 Å². The van der Waals surface area contributed by atoms with Crippen LogP contribution in [0.2, 0.25) is 0 Å². The molecule has 0 bridgehead atoms. The number of benzene rings is 1. The summed E-state index contributed by atoms with van der Waals surface area (Å²) in [5, 5.41) is 16.1. The van der Waals surface area contributed by atoms with Crippen LogP contribution in [0.15, 0.2) is 30.3 Å². The van der Waals surface area contributed by atoms with E-state index in [4.69, 9.17) is 0 Å². The lowest BCUT2D eigenvalue weighted by Gasteiger charge is -2.13. The molecule has 0 saturated carbocycles. The van der Waals surface area contributed by atoms with Crippen molar-refractivity contribution in [2.75, 3.05) is 25.0 Å². The van der Waals surface area contributed by atoms with Gasteiger partial charge in [0, 0.05) is 18.8 Å². The molecule has 0 aromatic heterocycles. The van der Waals surface area contributed by atoms with Gasteiger partial charge in [-0.1, -0.05) is 31.5 Å². The van der Waals surface area contributed by atoms with Crippen LogP contribution >= 0.6 is 0 Å². The number of hydrogen-bond acceptors (Lipinski definition) is 3. The van der Waals surface area contributed by atoms with Crippen molar-refractivity contribution in [3.8, 4) is 0 Å². The highest BCUT2D eigenvalue weighted by Gasteiger charge is 2.02. The number of para-hydroxylation sites is 1. The predicted octanol–water partition coefficient (Wildman–Crippen LogP) is 1.85. The van der Waals surface area contributed by atoms with Gasteiger partial charge in [-0.3, -0.25) is 0 Å². The van der Waals surface area contributed by atoms with Crippen molar-refractivity contribution in [2.45, 2.75) is 25.9 Å². The van der Waals surface area contributed by atoms with E-state index < -0.39 is 0 Å². The van der Waals surface area contributed by atoms with Crippen LogP contribution in [0.4, 0.5) is 5.69 Å². The summed E-state index contributed by atoms with van der Waals surface area (Å²) in [6.45, 7) is 4.39. The second-order valence-electron chi connectivity index (χ2n) is 3.96. The molecule has 0 spiro atoms. The average molecular weight is 222 g/mol. The lowest BCUT2D eigenvalue weighted by Crippen LogP contribution is -2.32. The number of nitrogens with one attached hydrogen (secondary N) is 2. The Morgan fingerprint density at radius 1 is 1.19 bits per heavy atom. The fraction of sp³-hybridized carbons (Fsp3) is 0.538. The van der Waals surface area contributed by atoms with Gasteiger partial charge >= 0.3 is 0 Å². The zero-order valence-electron chi connectivity index (χ0n) is 9.95. The summed E-state index contributed by atoms with van der Waals surface area (Å²) in [6.07, 6.45) is 2.02. The first-order valence-electron chi connectivity index (χ1n) is 6.00. The lowest BCUT2D eigenvalue weighted by molar-refractivity contribution is 0.184. The SMILES string of the molecule is CCCCNCC(O)CNc1ccccc1. The van der Waals surface area contributed by atoms with Gasteiger partial charge in [-0.05, 0) is 25.1 Å². The molecule has 0 aliphatic carbocycles. The Kier molecular flexibility index (Phi) is 6.61. The zero-order valence-corrected chi connectivity index (χ0v) is 9.95. The van der Waals surface area contributed by atoms with Crippen LogP contribution in [0.1, 0.15) is 19.8 Å². The molecule has 1 aromatic carbocycles. The average Bonchev–Trinajstić information content (AvgIpc) is 2.33. The molecule has 1 aromatic rings. The van der Waals surface area contributed by atoms with Crippen LogP contribution < -0.4 is 10.6 Å². The fourth-order valence-corrected chi connectivity index (χ4v) is 1.43. The summed E-state index contributed by atoms with van der Waals surface area (Å²) in [5.74, 6) is 0. The van der Waals surface area contributed by atoms with E-state index >= 15 is 0 Å². The fourth-order valence-electron chi connectivity index (χ4n) is 1.43. The minimum Gasteiger partial charge on any atom is -0.390 e. The molecule has 3 N–H and O–H groups in total. The number of aliphatic hydroxyl groups is 1. The summed E-state index contributed by atoms with van der Waals surface area (Å²) < 4.78 is 0. The third kappa shape index (κ3) is 5.73. The minimum absolute atomic E-state index is 0.336. The molecule has 1 atom stereocenters. The first-order valence-corrected chi connectivity index (χ1v) is 6.00. The lowest BCUT2D eigenvalue weighted by atomic mass is 10.3. The molecule has 1 unspecified atom stereocenters. The van der Waals surface area contributed by atoms with Gasteiger partial charge in [0.2, 0.25) is 0 Å². The number of hydrogen-bond donors (Lipinski definition) is 3. The molecule has 0 aliphatic heterocycles. The second kappa shape index (κ2) is 8.13. The molecule has 0 radical (unpaired) electrons. The standard InChI is InChI=1S/C13H22N2O/c1-2-3-9-14-10-13(16)11-15-12-7-5-4-6-8-12/h4-8,13-16H,2-3,9-11H2,1H3. The third-order valence-electron chi connectivity index (χ3n) is 2.40. The largest absolute Gasteiger partial charge is 0.390 e. The molecule has 3 heteroatoms. The van der Waals surface area contributed by atoms with Gasteiger partial charge in [0.05, 0.1) is 6.10 Å². The van der Waals surface area contributed by atoms with Gasteiger partial charge in [-0.2, -0.15) is 0 Å². The van der Waals surface area contributed by atoms with E-state index in [0.29, 0.717) is 13.1 Å². The zero-order chi connectivity index (χ0) is 11.6. The van der Waals surface area contributed by atoms with Crippen LogP contribution in [0.25, 0.3) is 0 Å². The molecule has 16 heavy (non-hydrogen) atoms. The van der Waals surface area contributed by atoms with Crippen molar-refractivity contribution in [1.29, 1.82) is 0 Å². The van der Waals surface area contributed by atoms with Gasteiger partial charge < -0.3 is 15.7 Å². The number of rotatable bonds is 8. The quantitative estimate of drug-likeness (QED) is 0.588. The van der Waals surface area contributed by atoms with Crippen LogP contribution in [0.5, 0.6) is 0 Å². The monoisotopic (exact) mass is 222 g/mol. The summed E-state index contributed by atoms with van der Waals surface area (Å²) in [5.41, 5.74) is 1.05. The molecule has 0 fully saturated rings. The Bertz CT molecular complexity index is 264. The molecular weight excluding hydrogens is 200 g/mol. The number of anilines is 1. The van der Waals surface area contributed by atoms with Crippen molar-refractivity contribution < 1.29 is 5.11 Å². The molecule has 0 aliphatic rings. The van der Waals surface area contributed by atoms with E-state index in [9.17, 15) is 5.11 Å². The molecule has 0 heterocycles. The summed E-state index contributed by atoms with van der Waals surface area (Å²) >= 11 is 0. The number of aliphatic hydroxyl groups excluding tert-OH is 1. The van der Waals surface area contributed by atoms with Crippen LogP contribution in [-0.4, -0.2) is 30.8 Å². The molecule has 1 rings (SSSR count). The summed E-state index contributed by atoms with van der Waals surface area (Å²) in [6, 6.07) is 9.94. The van der Waals surface area contributed by atoms with Gasteiger partial charge in [0.15, 0.2) is 0 Å². The Morgan fingerprint density at radius 3 is 2.62 bits per heavy atom. The van der Waals surface area contributed by atoms with E-state index in [1.165, 1.54) is 12.8 Å². The Morgan fingerprint density at radius 2 is 1.94 bits per heavy atom. The van der Waals surface area contributed by atoms with Gasteiger partial charge in [-0.25, -0.2) is 0 Å². The molecule has 90 valence electrons. The molecular formula is C13H22N2O. The van der Waals surface area contributed by atoms with E-state index in [2.05, 4.69) is 17.6 Å². The predicted molar refractivity (Wildman–Crippen MR) is 68.7 cm³/mol. The maximum atomic E-state index is 9.68. The first-order chi connectivity index (χ1) is 7.83. The van der Waals surface area contributed by atoms with Crippen LogP contribution in [0.3, 0.4) is 0 Å². The highest BCUT2D eigenvalue weighted by Crippen LogP contribution is 2.04. The molecule has 0 amide bonds. The van der Waals surface area contributed by atoms with Crippen LogP contribution in [0, 0.1) is 0 Å². The van der Waals surface area contributed by atoms with Crippen molar-refractivity contribution in [3.05, 3.63) is 30.3 Å². The van der Waals surface area contributed by atoms with Gasteiger partial charge in [0.25, 0.3) is 0 Å². The normalized spacial score (nSPS) is 12.4. The van der Waals surface area contributed by atoms with E-state index in [-0.39, 0.29) is 6.10 Å². The van der Waals surface area contributed by atoms with Crippen molar-refractivity contribution in [1.82, 2.24) is 5.32 Å². The maximum absolute atomic E-state index is 9.68. The van der Waals surface area contributed by atoms with Crippen molar-refractivity contribution in [2.24, 2.45) is 0 Å². The summed E-state index contributed by atoms with van der Waals surface area (Å²) in [7, 11) is 0. The van der Waals surface area contributed by atoms with Crippen LogP contribution in [-0.2, 0) is 0 Å². The number of unbranched alkanes of at least 4 members (excludes halogenated alkanes) is 1. The smallest absolute Gasteiger partial charge is 0.0836 e. The highest BCUT2D eigenvalue weighted by molar-refractivity contribution is 5.42. The summed E-state index contributed by atoms with van der Waals surface area (Å²) in [4.78, 5) is 0. The van der Waals surface area contributed by atoms with Gasteiger partial charge in [0.1, 0.15) is 0 Å². The van der Waals surface area contributed by atoms with Crippen molar-refractivity contribution in [3.63, 3.8) is 0 Å². The topological polar surface area (TPSA) is 44.3 Å². The molecule has 0 saturated heterocycles. The Hall–Kier alpha value is -1.06. The van der Waals surface area contributed by atoms with Crippen molar-refractivity contribution >= 4 is 5.69 Å². The Labute approximate surface area is 97.9 Å². The van der Waals surface area contributed by atoms with E-state index in [1.807, 2.05) is 30.3 Å². The minimum atomic E-state index is -0.336. The maximum Gasteiger partial charge on any atom is 0.0836 e. The molecule has 3 nitrogen and oxygen atoms in total.